The summed E-state index contributed by atoms with van der Waals surface area (Å²) in [7, 11) is 3.11. The second-order valence-corrected chi connectivity index (χ2v) is 6.32. The van der Waals surface area contributed by atoms with Gasteiger partial charge in [-0.3, -0.25) is 4.99 Å². The molecule has 1 aromatic heterocycles. The van der Waals surface area contributed by atoms with Crippen molar-refractivity contribution in [1.29, 1.82) is 0 Å². The van der Waals surface area contributed by atoms with Crippen LogP contribution in [-0.4, -0.2) is 32.6 Å². The number of hydrogen-bond donors (Lipinski definition) is 2. The Morgan fingerprint density at radius 3 is 2.79 bits per heavy atom. The third-order valence-electron chi connectivity index (χ3n) is 4.58. The first-order chi connectivity index (χ1) is 11.6. The van der Waals surface area contributed by atoms with Gasteiger partial charge in [-0.15, -0.1) is 0 Å². The summed E-state index contributed by atoms with van der Waals surface area (Å²) in [5.74, 6) is 2.54. The van der Waals surface area contributed by atoms with Crippen molar-refractivity contribution in [2.75, 3.05) is 20.7 Å². The van der Waals surface area contributed by atoms with Gasteiger partial charge in [0.1, 0.15) is 17.1 Å². The fraction of sp³-hybridized carbons (Fsp3) is 0.667. The van der Waals surface area contributed by atoms with Crippen molar-refractivity contribution in [3.8, 4) is 0 Å². The minimum atomic E-state index is -0.378. The maximum absolute atomic E-state index is 11.6. The van der Waals surface area contributed by atoms with E-state index in [1.165, 1.54) is 39.2 Å². The molecular formula is C18H29N3O3. The molecule has 0 amide bonds. The molecular weight excluding hydrogens is 306 g/mol. The van der Waals surface area contributed by atoms with Gasteiger partial charge in [0, 0.05) is 13.6 Å². The summed E-state index contributed by atoms with van der Waals surface area (Å²) in [6.07, 6.45) is 8.05. The molecule has 0 saturated heterocycles. The Hall–Kier alpha value is -1.98. The first kappa shape index (κ1) is 18.4. The van der Waals surface area contributed by atoms with Crippen molar-refractivity contribution in [3.05, 3.63) is 23.2 Å². The minimum absolute atomic E-state index is 0.378. The van der Waals surface area contributed by atoms with Crippen LogP contribution in [0, 0.1) is 12.8 Å². The van der Waals surface area contributed by atoms with Gasteiger partial charge >= 0.3 is 5.97 Å². The molecule has 1 heterocycles. The third-order valence-corrected chi connectivity index (χ3v) is 4.58. The number of nitrogens with zero attached hydrogens (tertiary/aromatic N) is 1. The smallest absolute Gasteiger partial charge is 0.341 e. The summed E-state index contributed by atoms with van der Waals surface area (Å²) < 4.78 is 10.3. The van der Waals surface area contributed by atoms with Gasteiger partial charge < -0.3 is 19.8 Å². The largest absolute Gasteiger partial charge is 0.465 e. The number of carbonyl (C=O) groups excluding carboxylic acids is 1. The van der Waals surface area contributed by atoms with Crippen molar-refractivity contribution >= 4 is 11.9 Å². The van der Waals surface area contributed by atoms with Gasteiger partial charge in [0.05, 0.1) is 13.7 Å². The Bertz CT molecular complexity index is 560. The van der Waals surface area contributed by atoms with Crippen LogP contribution in [0.1, 0.15) is 60.4 Å². The van der Waals surface area contributed by atoms with E-state index >= 15 is 0 Å². The number of aryl methyl sites for hydroxylation is 1. The molecule has 1 fully saturated rings. The van der Waals surface area contributed by atoms with Crippen LogP contribution in [0.15, 0.2) is 15.5 Å². The SMILES string of the molecule is CN=C(NCCCC1CCCC1)NCc1cc(C(=O)OC)c(C)o1. The maximum atomic E-state index is 11.6. The van der Waals surface area contributed by atoms with Gasteiger partial charge in [-0.2, -0.15) is 0 Å². The van der Waals surface area contributed by atoms with E-state index in [9.17, 15) is 4.79 Å². The first-order valence-corrected chi connectivity index (χ1v) is 8.76. The number of furan rings is 1. The van der Waals surface area contributed by atoms with Gasteiger partial charge in [-0.1, -0.05) is 25.7 Å². The van der Waals surface area contributed by atoms with Crippen LogP contribution in [0.25, 0.3) is 0 Å². The van der Waals surface area contributed by atoms with E-state index in [0.29, 0.717) is 23.6 Å². The van der Waals surface area contributed by atoms with Crippen LogP contribution < -0.4 is 10.6 Å². The summed E-state index contributed by atoms with van der Waals surface area (Å²) in [4.78, 5) is 15.8. The number of carbonyl (C=O) groups is 1. The zero-order chi connectivity index (χ0) is 17.4. The number of hydrogen-bond acceptors (Lipinski definition) is 4. The van der Waals surface area contributed by atoms with Gasteiger partial charge in [0.2, 0.25) is 0 Å². The van der Waals surface area contributed by atoms with Gasteiger partial charge in [-0.25, -0.2) is 4.79 Å². The molecule has 134 valence electrons. The minimum Gasteiger partial charge on any atom is -0.465 e. The van der Waals surface area contributed by atoms with E-state index in [2.05, 4.69) is 15.6 Å². The average Bonchev–Trinajstić information content (AvgIpc) is 3.23. The Labute approximate surface area is 144 Å². The molecule has 0 radical (unpaired) electrons. The molecule has 0 aromatic carbocycles. The van der Waals surface area contributed by atoms with E-state index in [0.717, 1.165) is 24.8 Å². The molecule has 2 rings (SSSR count). The molecule has 1 aliphatic carbocycles. The quantitative estimate of drug-likeness (QED) is 0.347. The third kappa shape index (κ3) is 5.28. The van der Waals surface area contributed by atoms with E-state index in [1.807, 2.05) is 0 Å². The second kappa shape index (κ2) is 9.35. The molecule has 0 bridgehead atoms. The highest BCUT2D eigenvalue weighted by Gasteiger charge is 2.16. The normalized spacial score (nSPS) is 15.5. The van der Waals surface area contributed by atoms with Crippen molar-refractivity contribution in [3.63, 3.8) is 0 Å². The monoisotopic (exact) mass is 335 g/mol. The van der Waals surface area contributed by atoms with E-state index in [-0.39, 0.29) is 5.97 Å². The number of esters is 1. The number of guanidine groups is 1. The molecule has 6 nitrogen and oxygen atoms in total. The van der Waals surface area contributed by atoms with Crippen LogP contribution in [0.4, 0.5) is 0 Å². The highest BCUT2D eigenvalue weighted by atomic mass is 16.5. The van der Waals surface area contributed by atoms with Crippen molar-refractivity contribution < 1.29 is 13.9 Å². The first-order valence-electron chi connectivity index (χ1n) is 8.76. The fourth-order valence-corrected chi connectivity index (χ4v) is 3.23. The molecule has 1 saturated carbocycles. The zero-order valence-electron chi connectivity index (χ0n) is 15.0. The second-order valence-electron chi connectivity index (χ2n) is 6.32. The summed E-state index contributed by atoms with van der Waals surface area (Å²) in [5, 5.41) is 6.53. The lowest BCUT2D eigenvalue weighted by atomic mass is 10.0. The fourth-order valence-electron chi connectivity index (χ4n) is 3.23. The van der Waals surface area contributed by atoms with Crippen molar-refractivity contribution in [2.24, 2.45) is 10.9 Å². The van der Waals surface area contributed by atoms with Gasteiger partial charge in [-0.05, 0) is 31.7 Å². The number of nitrogens with one attached hydrogen (secondary N) is 2. The molecule has 0 spiro atoms. The lowest BCUT2D eigenvalue weighted by Crippen LogP contribution is -2.37. The predicted octanol–water partition coefficient (Wildman–Crippen LogP) is 3.01. The zero-order valence-corrected chi connectivity index (χ0v) is 15.0. The summed E-state index contributed by atoms with van der Waals surface area (Å²) in [6.45, 7) is 3.15. The molecule has 24 heavy (non-hydrogen) atoms. The average molecular weight is 335 g/mol. The lowest BCUT2D eigenvalue weighted by molar-refractivity contribution is 0.0599. The maximum Gasteiger partial charge on any atom is 0.341 e. The highest BCUT2D eigenvalue weighted by Crippen LogP contribution is 2.28. The van der Waals surface area contributed by atoms with E-state index in [4.69, 9.17) is 9.15 Å². The molecule has 0 unspecified atom stereocenters. The highest BCUT2D eigenvalue weighted by molar-refractivity contribution is 5.90. The van der Waals surface area contributed by atoms with Crippen LogP contribution in [0.3, 0.4) is 0 Å². The molecule has 1 aromatic rings. The number of aliphatic imine (C=N–C) groups is 1. The van der Waals surface area contributed by atoms with Crippen molar-refractivity contribution in [2.45, 2.75) is 52.0 Å². The lowest BCUT2D eigenvalue weighted by Gasteiger charge is -2.12. The Morgan fingerprint density at radius 2 is 2.12 bits per heavy atom. The number of ether oxygens (including phenoxy) is 1. The van der Waals surface area contributed by atoms with E-state index in [1.54, 1.807) is 20.0 Å². The van der Waals surface area contributed by atoms with E-state index < -0.39 is 0 Å². The molecule has 0 aliphatic heterocycles. The van der Waals surface area contributed by atoms with Crippen LogP contribution in [0.5, 0.6) is 0 Å². The number of methoxy groups -OCH3 is 1. The predicted molar refractivity (Wildman–Crippen MR) is 94.2 cm³/mol. The molecule has 0 atom stereocenters. The standard InChI is InChI=1S/C18H29N3O3/c1-13-16(17(22)23-3)11-15(24-13)12-21-18(19-2)20-10-6-9-14-7-4-5-8-14/h11,14H,4-10,12H2,1-3H3,(H2,19,20,21). The number of rotatable bonds is 7. The van der Waals surface area contributed by atoms with Crippen LogP contribution in [0.2, 0.25) is 0 Å². The summed E-state index contributed by atoms with van der Waals surface area (Å²) in [5.41, 5.74) is 0.466. The molecule has 6 heteroatoms. The van der Waals surface area contributed by atoms with Crippen LogP contribution >= 0.6 is 0 Å². The van der Waals surface area contributed by atoms with Gasteiger partial charge in [0.15, 0.2) is 5.96 Å². The summed E-state index contributed by atoms with van der Waals surface area (Å²) in [6, 6.07) is 1.71. The summed E-state index contributed by atoms with van der Waals surface area (Å²) >= 11 is 0. The molecule has 2 N–H and O–H groups in total. The topological polar surface area (TPSA) is 75.9 Å². The van der Waals surface area contributed by atoms with Gasteiger partial charge in [0.25, 0.3) is 0 Å². The molecule has 1 aliphatic rings. The Balaban J connectivity index is 1.72. The Kier molecular flexibility index (Phi) is 7.15. The van der Waals surface area contributed by atoms with Crippen LogP contribution in [-0.2, 0) is 11.3 Å². The van der Waals surface area contributed by atoms with Crippen molar-refractivity contribution in [1.82, 2.24) is 10.6 Å². The Morgan fingerprint density at radius 1 is 1.38 bits per heavy atom.